The van der Waals surface area contributed by atoms with Gasteiger partial charge in [0, 0.05) is 11.4 Å². The Kier molecular flexibility index (Phi) is 4.36. The molecule has 2 atom stereocenters. The number of sulfonamides is 1. The standard InChI is InChI=1S/C6H14ClNO2S/c1-5(7)4-6(2)8-11(3,9)10/h5-6,8H,4H2,1-3H3. The van der Waals surface area contributed by atoms with Crippen LogP contribution in [0.15, 0.2) is 0 Å². The molecule has 0 heterocycles. The summed E-state index contributed by atoms with van der Waals surface area (Å²) in [6.45, 7) is 3.63. The molecule has 2 unspecified atom stereocenters. The highest BCUT2D eigenvalue weighted by atomic mass is 35.5. The Morgan fingerprint density at radius 1 is 1.45 bits per heavy atom. The van der Waals surface area contributed by atoms with Crippen molar-refractivity contribution in [1.29, 1.82) is 0 Å². The molecule has 0 saturated heterocycles. The molecule has 0 aromatic carbocycles. The van der Waals surface area contributed by atoms with Gasteiger partial charge in [0.05, 0.1) is 6.26 Å². The summed E-state index contributed by atoms with van der Waals surface area (Å²) in [7, 11) is -3.08. The van der Waals surface area contributed by atoms with Gasteiger partial charge < -0.3 is 0 Å². The van der Waals surface area contributed by atoms with Crippen LogP contribution < -0.4 is 4.72 Å². The topological polar surface area (TPSA) is 46.2 Å². The first-order chi connectivity index (χ1) is 4.81. The van der Waals surface area contributed by atoms with E-state index in [-0.39, 0.29) is 11.4 Å². The molecule has 0 fully saturated rings. The van der Waals surface area contributed by atoms with Crippen LogP contribution in [0.3, 0.4) is 0 Å². The Hall–Kier alpha value is 0.200. The maximum absolute atomic E-state index is 10.7. The minimum absolute atomic E-state index is 0.000694. The van der Waals surface area contributed by atoms with Crippen LogP contribution in [0.5, 0.6) is 0 Å². The minimum atomic E-state index is -3.08. The van der Waals surface area contributed by atoms with Gasteiger partial charge in [-0.1, -0.05) is 0 Å². The predicted octanol–water partition coefficient (Wildman–Crippen LogP) is 0.942. The molecule has 0 aromatic rings. The summed E-state index contributed by atoms with van der Waals surface area (Å²) in [4.78, 5) is 0. The highest BCUT2D eigenvalue weighted by Gasteiger charge is 2.10. The van der Waals surface area contributed by atoms with Gasteiger partial charge in [0.15, 0.2) is 0 Å². The van der Waals surface area contributed by atoms with Crippen LogP contribution in [0.2, 0.25) is 0 Å². The Labute approximate surface area is 73.2 Å². The molecule has 0 rings (SSSR count). The molecule has 0 saturated carbocycles. The first kappa shape index (κ1) is 11.2. The molecule has 0 aromatic heterocycles. The van der Waals surface area contributed by atoms with Gasteiger partial charge in [-0.25, -0.2) is 13.1 Å². The molecular formula is C6H14ClNO2S. The molecule has 0 aliphatic rings. The van der Waals surface area contributed by atoms with Crippen LogP contribution in [0, 0.1) is 0 Å². The number of nitrogens with one attached hydrogen (secondary N) is 1. The number of rotatable bonds is 4. The average molecular weight is 200 g/mol. The second-order valence-electron chi connectivity index (χ2n) is 2.81. The van der Waals surface area contributed by atoms with E-state index in [1.54, 1.807) is 6.92 Å². The van der Waals surface area contributed by atoms with Crippen molar-refractivity contribution >= 4 is 21.6 Å². The maximum atomic E-state index is 10.7. The predicted molar refractivity (Wildman–Crippen MR) is 47.4 cm³/mol. The number of hydrogen-bond acceptors (Lipinski definition) is 2. The molecule has 0 radical (unpaired) electrons. The fourth-order valence-corrected chi connectivity index (χ4v) is 2.00. The fraction of sp³-hybridized carbons (Fsp3) is 1.00. The summed E-state index contributed by atoms with van der Waals surface area (Å²) >= 11 is 5.67. The third-order valence-electron chi connectivity index (χ3n) is 1.09. The normalized spacial score (nSPS) is 17.8. The van der Waals surface area contributed by atoms with Gasteiger partial charge in [-0.05, 0) is 20.3 Å². The van der Waals surface area contributed by atoms with E-state index in [1.807, 2.05) is 6.92 Å². The SMILES string of the molecule is CC(Cl)CC(C)NS(C)(=O)=O. The zero-order chi connectivity index (χ0) is 9.07. The Balaban J connectivity index is 3.80. The molecule has 0 amide bonds. The van der Waals surface area contributed by atoms with Crippen molar-refractivity contribution in [2.75, 3.05) is 6.26 Å². The van der Waals surface area contributed by atoms with Gasteiger partial charge in [0.1, 0.15) is 0 Å². The highest BCUT2D eigenvalue weighted by Crippen LogP contribution is 2.04. The van der Waals surface area contributed by atoms with Crippen LogP contribution >= 0.6 is 11.6 Å². The third kappa shape index (κ3) is 8.10. The first-order valence-electron chi connectivity index (χ1n) is 3.42. The largest absolute Gasteiger partial charge is 0.213 e. The second-order valence-corrected chi connectivity index (χ2v) is 5.33. The van der Waals surface area contributed by atoms with Crippen molar-refractivity contribution < 1.29 is 8.42 Å². The van der Waals surface area contributed by atoms with Crippen molar-refractivity contribution in [3.8, 4) is 0 Å². The lowest BCUT2D eigenvalue weighted by Crippen LogP contribution is -2.32. The lowest BCUT2D eigenvalue weighted by molar-refractivity contribution is 0.550. The average Bonchev–Trinajstić information content (AvgIpc) is 1.53. The number of hydrogen-bond donors (Lipinski definition) is 1. The lowest BCUT2D eigenvalue weighted by Gasteiger charge is -2.12. The Morgan fingerprint density at radius 2 is 1.91 bits per heavy atom. The van der Waals surface area contributed by atoms with Crippen LogP contribution in [0.1, 0.15) is 20.3 Å². The van der Waals surface area contributed by atoms with Gasteiger partial charge in [-0.3, -0.25) is 0 Å². The molecule has 3 nitrogen and oxygen atoms in total. The van der Waals surface area contributed by atoms with E-state index in [4.69, 9.17) is 11.6 Å². The summed E-state index contributed by atoms with van der Waals surface area (Å²) in [6.07, 6.45) is 1.79. The van der Waals surface area contributed by atoms with Crippen LogP contribution in [-0.4, -0.2) is 26.1 Å². The lowest BCUT2D eigenvalue weighted by atomic mass is 10.2. The van der Waals surface area contributed by atoms with Crippen molar-refractivity contribution in [3.63, 3.8) is 0 Å². The van der Waals surface area contributed by atoms with E-state index >= 15 is 0 Å². The summed E-state index contributed by atoms with van der Waals surface area (Å²) in [5, 5.41) is -0.000694. The van der Waals surface area contributed by atoms with Gasteiger partial charge in [0.2, 0.25) is 10.0 Å². The summed E-state index contributed by atoms with van der Waals surface area (Å²) < 4.78 is 23.8. The quantitative estimate of drug-likeness (QED) is 0.686. The van der Waals surface area contributed by atoms with Gasteiger partial charge >= 0.3 is 0 Å². The molecule has 68 valence electrons. The first-order valence-corrected chi connectivity index (χ1v) is 5.75. The van der Waals surface area contributed by atoms with Crippen molar-refractivity contribution in [2.45, 2.75) is 31.7 Å². The highest BCUT2D eigenvalue weighted by molar-refractivity contribution is 7.88. The van der Waals surface area contributed by atoms with E-state index in [0.29, 0.717) is 6.42 Å². The fourth-order valence-electron chi connectivity index (χ4n) is 0.901. The van der Waals surface area contributed by atoms with Crippen molar-refractivity contribution in [1.82, 2.24) is 4.72 Å². The summed E-state index contributed by atoms with van der Waals surface area (Å²) in [6, 6.07) is -0.0856. The Morgan fingerprint density at radius 3 is 2.18 bits per heavy atom. The van der Waals surface area contributed by atoms with E-state index < -0.39 is 10.0 Å². The zero-order valence-electron chi connectivity index (χ0n) is 6.96. The van der Waals surface area contributed by atoms with Gasteiger partial charge in [0.25, 0.3) is 0 Å². The third-order valence-corrected chi connectivity index (χ3v) is 2.10. The second kappa shape index (κ2) is 4.28. The molecular weight excluding hydrogens is 186 g/mol. The maximum Gasteiger partial charge on any atom is 0.208 e. The minimum Gasteiger partial charge on any atom is -0.213 e. The van der Waals surface area contributed by atoms with E-state index in [2.05, 4.69) is 4.72 Å². The molecule has 0 aliphatic heterocycles. The summed E-state index contributed by atoms with van der Waals surface area (Å²) in [5.41, 5.74) is 0. The molecule has 0 bridgehead atoms. The monoisotopic (exact) mass is 199 g/mol. The van der Waals surface area contributed by atoms with E-state index in [9.17, 15) is 8.42 Å². The molecule has 1 N–H and O–H groups in total. The van der Waals surface area contributed by atoms with Crippen molar-refractivity contribution in [3.05, 3.63) is 0 Å². The smallest absolute Gasteiger partial charge is 0.208 e. The van der Waals surface area contributed by atoms with Crippen molar-refractivity contribution in [2.24, 2.45) is 0 Å². The van der Waals surface area contributed by atoms with Crippen LogP contribution in [-0.2, 0) is 10.0 Å². The zero-order valence-corrected chi connectivity index (χ0v) is 8.54. The Bertz CT molecular complexity index is 201. The number of halogens is 1. The van der Waals surface area contributed by atoms with Crippen LogP contribution in [0.25, 0.3) is 0 Å². The molecule has 0 aliphatic carbocycles. The number of alkyl halides is 1. The van der Waals surface area contributed by atoms with Crippen LogP contribution in [0.4, 0.5) is 0 Å². The molecule has 0 spiro atoms. The van der Waals surface area contributed by atoms with E-state index in [0.717, 1.165) is 6.26 Å². The van der Waals surface area contributed by atoms with Gasteiger partial charge in [-0.15, -0.1) is 11.6 Å². The molecule has 11 heavy (non-hydrogen) atoms. The van der Waals surface area contributed by atoms with E-state index in [1.165, 1.54) is 0 Å². The van der Waals surface area contributed by atoms with Gasteiger partial charge in [-0.2, -0.15) is 0 Å². The summed E-state index contributed by atoms with van der Waals surface area (Å²) in [5.74, 6) is 0. The molecule has 5 heteroatoms.